The Hall–Kier alpha value is -1.36. The molecule has 0 radical (unpaired) electrons. The number of nitrogens with zero attached hydrogens (tertiary/aromatic N) is 3. The van der Waals surface area contributed by atoms with Crippen molar-refractivity contribution in [3.05, 3.63) is 17.5 Å². The first-order valence-electron chi connectivity index (χ1n) is 7.18. The first-order chi connectivity index (χ1) is 9.13. The fourth-order valence-corrected chi connectivity index (χ4v) is 2.50. The largest absolute Gasteiger partial charge is 0.336 e. The molecule has 1 aliphatic heterocycles. The highest BCUT2D eigenvalue weighted by Gasteiger charge is 2.23. The molecule has 0 aliphatic carbocycles. The van der Waals surface area contributed by atoms with Gasteiger partial charge in [0.05, 0.1) is 17.5 Å². The lowest BCUT2D eigenvalue weighted by molar-refractivity contribution is 0.0734. The van der Waals surface area contributed by atoms with E-state index >= 15 is 0 Å². The molecule has 5 heteroatoms. The number of hydrogen-bond donors (Lipinski definition) is 1. The van der Waals surface area contributed by atoms with Crippen molar-refractivity contribution in [2.24, 2.45) is 5.92 Å². The fourth-order valence-electron chi connectivity index (χ4n) is 2.50. The predicted octanol–water partition coefficient (Wildman–Crippen LogP) is 1.15. The van der Waals surface area contributed by atoms with Crippen LogP contribution in [0.25, 0.3) is 0 Å². The topological polar surface area (TPSA) is 50.2 Å². The molecule has 0 bridgehead atoms. The Morgan fingerprint density at radius 2 is 2.11 bits per heavy atom. The van der Waals surface area contributed by atoms with Gasteiger partial charge in [0, 0.05) is 32.7 Å². The number of aromatic nitrogens is 2. The highest BCUT2D eigenvalue weighted by molar-refractivity contribution is 5.95. The van der Waals surface area contributed by atoms with Crippen LogP contribution in [0.2, 0.25) is 0 Å². The Morgan fingerprint density at radius 1 is 1.42 bits per heavy atom. The van der Waals surface area contributed by atoms with Crippen LogP contribution in [-0.4, -0.2) is 46.8 Å². The van der Waals surface area contributed by atoms with Crippen molar-refractivity contribution in [3.8, 4) is 0 Å². The van der Waals surface area contributed by atoms with E-state index < -0.39 is 0 Å². The molecular weight excluding hydrogens is 240 g/mol. The number of carbonyl (C=O) groups excluding carboxylic acids is 1. The summed E-state index contributed by atoms with van der Waals surface area (Å²) in [7, 11) is 0. The molecular formula is C14H24N4O. The minimum Gasteiger partial charge on any atom is -0.336 e. The molecule has 2 heterocycles. The lowest BCUT2D eigenvalue weighted by Crippen LogP contribution is -2.46. The maximum absolute atomic E-state index is 12.5. The van der Waals surface area contributed by atoms with E-state index in [1.54, 1.807) is 6.20 Å². The number of rotatable bonds is 4. The van der Waals surface area contributed by atoms with E-state index in [1.807, 2.05) is 9.58 Å². The number of amides is 1. The van der Waals surface area contributed by atoms with E-state index in [9.17, 15) is 4.79 Å². The van der Waals surface area contributed by atoms with Crippen LogP contribution in [0.15, 0.2) is 6.20 Å². The van der Waals surface area contributed by atoms with Crippen LogP contribution in [0.3, 0.4) is 0 Å². The van der Waals surface area contributed by atoms with Gasteiger partial charge in [-0.1, -0.05) is 20.8 Å². The number of hydrogen-bond acceptors (Lipinski definition) is 3. The third kappa shape index (κ3) is 3.15. The minimum atomic E-state index is 0.133. The van der Waals surface area contributed by atoms with Gasteiger partial charge in [-0.2, -0.15) is 5.10 Å². The highest BCUT2D eigenvalue weighted by atomic mass is 16.2. The van der Waals surface area contributed by atoms with E-state index in [2.05, 4.69) is 31.2 Å². The first-order valence-corrected chi connectivity index (χ1v) is 7.18. The average Bonchev–Trinajstić information content (AvgIpc) is 2.80. The minimum absolute atomic E-state index is 0.133. The molecule has 0 saturated carbocycles. The molecule has 0 atom stereocenters. The van der Waals surface area contributed by atoms with Crippen LogP contribution in [0.5, 0.6) is 0 Å². The Labute approximate surface area is 115 Å². The van der Waals surface area contributed by atoms with Gasteiger partial charge >= 0.3 is 0 Å². The molecule has 1 aliphatic rings. The summed E-state index contributed by atoms with van der Waals surface area (Å²) in [6, 6.07) is 0. The summed E-state index contributed by atoms with van der Waals surface area (Å²) in [6.07, 6.45) is 2.59. The van der Waals surface area contributed by atoms with Crippen molar-refractivity contribution >= 4 is 5.91 Å². The molecule has 1 fully saturated rings. The monoisotopic (exact) mass is 264 g/mol. The molecule has 0 spiro atoms. The Morgan fingerprint density at radius 3 is 2.68 bits per heavy atom. The standard InChI is InChI=1S/C14H24N4O/c1-4-13-12(9-16-18(13)10-11(2)3)14(19)17-7-5-15-6-8-17/h9,11,15H,4-8,10H2,1-3H3. The molecule has 5 nitrogen and oxygen atoms in total. The summed E-state index contributed by atoms with van der Waals surface area (Å²) in [4.78, 5) is 14.4. The second kappa shape index (κ2) is 6.19. The Balaban J connectivity index is 2.18. The molecule has 1 amide bonds. The second-order valence-electron chi connectivity index (χ2n) is 5.48. The molecule has 1 aromatic heterocycles. The summed E-state index contributed by atoms with van der Waals surface area (Å²) < 4.78 is 1.99. The van der Waals surface area contributed by atoms with Gasteiger partial charge in [-0.05, 0) is 12.3 Å². The van der Waals surface area contributed by atoms with Gasteiger partial charge in [0.15, 0.2) is 0 Å². The number of piperazine rings is 1. The van der Waals surface area contributed by atoms with Crippen LogP contribution in [0, 0.1) is 5.92 Å². The fraction of sp³-hybridized carbons (Fsp3) is 0.714. The van der Waals surface area contributed by atoms with Crippen molar-refractivity contribution in [1.82, 2.24) is 20.0 Å². The molecule has 106 valence electrons. The molecule has 0 aromatic carbocycles. The van der Waals surface area contributed by atoms with Crippen LogP contribution in [0.1, 0.15) is 36.8 Å². The molecule has 0 unspecified atom stereocenters. The average molecular weight is 264 g/mol. The zero-order chi connectivity index (χ0) is 13.8. The van der Waals surface area contributed by atoms with Gasteiger partial charge < -0.3 is 10.2 Å². The summed E-state index contributed by atoms with van der Waals surface area (Å²) in [5.74, 6) is 0.667. The van der Waals surface area contributed by atoms with Crippen molar-refractivity contribution in [1.29, 1.82) is 0 Å². The summed E-state index contributed by atoms with van der Waals surface area (Å²) in [5, 5.41) is 7.66. The molecule has 1 aromatic rings. The van der Waals surface area contributed by atoms with Crippen LogP contribution >= 0.6 is 0 Å². The molecule has 19 heavy (non-hydrogen) atoms. The van der Waals surface area contributed by atoms with Gasteiger partial charge in [0.2, 0.25) is 0 Å². The normalized spacial score (nSPS) is 16.1. The Kier molecular flexibility index (Phi) is 4.58. The molecule has 2 rings (SSSR count). The zero-order valence-electron chi connectivity index (χ0n) is 12.1. The lowest BCUT2D eigenvalue weighted by Gasteiger charge is -2.27. The third-order valence-electron chi connectivity index (χ3n) is 3.46. The highest BCUT2D eigenvalue weighted by Crippen LogP contribution is 2.14. The number of nitrogens with one attached hydrogen (secondary N) is 1. The first kappa shape index (κ1) is 14.1. The number of carbonyl (C=O) groups is 1. The van der Waals surface area contributed by atoms with Crippen molar-refractivity contribution in [2.45, 2.75) is 33.7 Å². The molecule has 1 saturated heterocycles. The lowest BCUT2D eigenvalue weighted by atomic mass is 10.1. The van der Waals surface area contributed by atoms with Gasteiger partial charge in [0.25, 0.3) is 5.91 Å². The maximum atomic E-state index is 12.5. The third-order valence-corrected chi connectivity index (χ3v) is 3.46. The van der Waals surface area contributed by atoms with Crippen LogP contribution in [-0.2, 0) is 13.0 Å². The quantitative estimate of drug-likeness (QED) is 0.887. The zero-order valence-corrected chi connectivity index (χ0v) is 12.1. The summed E-state index contributed by atoms with van der Waals surface area (Å²) in [6.45, 7) is 10.6. The van der Waals surface area contributed by atoms with E-state index in [1.165, 1.54) is 0 Å². The summed E-state index contributed by atoms with van der Waals surface area (Å²) >= 11 is 0. The van der Waals surface area contributed by atoms with E-state index in [0.717, 1.165) is 50.4 Å². The van der Waals surface area contributed by atoms with Crippen LogP contribution < -0.4 is 5.32 Å². The maximum Gasteiger partial charge on any atom is 0.257 e. The van der Waals surface area contributed by atoms with Gasteiger partial charge in [0.1, 0.15) is 0 Å². The van der Waals surface area contributed by atoms with Crippen LogP contribution in [0.4, 0.5) is 0 Å². The van der Waals surface area contributed by atoms with Gasteiger partial charge in [-0.25, -0.2) is 0 Å². The predicted molar refractivity (Wildman–Crippen MR) is 75.2 cm³/mol. The van der Waals surface area contributed by atoms with E-state index in [-0.39, 0.29) is 5.91 Å². The molecule has 1 N–H and O–H groups in total. The smallest absolute Gasteiger partial charge is 0.257 e. The van der Waals surface area contributed by atoms with Gasteiger partial charge in [-0.3, -0.25) is 9.48 Å². The van der Waals surface area contributed by atoms with Crippen molar-refractivity contribution < 1.29 is 4.79 Å². The van der Waals surface area contributed by atoms with E-state index in [0.29, 0.717) is 5.92 Å². The van der Waals surface area contributed by atoms with E-state index in [4.69, 9.17) is 0 Å². The van der Waals surface area contributed by atoms with Gasteiger partial charge in [-0.15, -0.1) is 0 Å². The summed E-state index contributed by atoms with van der Waals surface area (Å²) in [5.41, 5.74) is 1.85. The SMILES string of the molecule is CCc1c(C(=O)N2CCNCC2)cnn1CC(C)C. The van der Waals surface area contributed by atoms with Crippen molar-refractivity contribution in [2.75, 3.05) is 26.2 Å². The second-order valence-corrected chi connectivity index (χ2v) is 5.48. The Bertz CT molecular complexity index is 433. The van der Waals surface area contributed by atoms with Crippen molar-refractivity contribution in [3.63, 3.8) is 0 Å².